The molecule has 22 heavy (non-hydrogen) atoms. The van der Waals surface area contributed by atoms with Gasteiger partial charge in [0, 0.05) is 24.5 Å². The van der Waals surface area contributed by atoms with Crippen molar-refractivity contribution in [2.45, 2.75) is 25.0 Å². The summed E-state index contributed by atoms with van der Waals surface area (Å²) in [5.74, 6) is -2.05. The number of aliphatic carboxylic acids is 1. The van der Waals surface area contributed by atoms with Crippen LogP contribution in [0.1, 0.15) is 24.5 Å². The summed E-state index contributed by atoms with van der Waals surface area (Å²) in [6.07, 6.45) is -2.11. The first-order chi connectivity index (χ1) is 10.3. The van der Waals surface area contributed by atoms with Crippen molar-refractivity contribution in [1.82, 2.24) is 5.32 Å². The molecular weight excluding hydrogens is 296 g/mol. The van der Waals surface area contributed by atoms with Gasteiger partial charge in [-0.25, -0.2) is 0 Å². The lowest BCUT2D eigenvalue weighted by atomic mass is 10.0. The van der Waals surface area contributed by atoms with Crippen LogP contribution in [-0.2, 0) is 9.59 Å². The fourth-order valence-corrected chi connectivity index (χ4v) is 1.74. The highest BCUT2D eigenvalue weighted by Crippen LogP contribution is 2.20. The number of amides is 1. The van der Waals surface area contributed by atoms with Crippen molar-refractivity contribution in [3.8, 4) is 0 Å². The van der Waals surface area contributed by atoms with Crippen molar-refractivity contribution < 1.29 is 29.8 Å². The average molecular weight is 311 g/mol. The molecule has 0 spiro atoms. The van der Waals surface area contributed by atoms with Crippen LogP contribution in [0, 0.1) is 10.1 Å². The summed E-state index contributed by atoms with van der Waals surface area (Å²) in [6.45, 7) is -0.588. The summed E-state index contributed by atoms with van der Waals surface area (Å²) in [6, 6.07) is 3.92. The minimum absolute atomic E-state index is 0.158. The number of carboxylic acid groups (broad SMARTS) is 1. The highest BCUT2D eigenvalue weighted by Gasteiger charge is 2.22. The molecule has 0 radical (unpaired) electrons. The Hall–Kier alpha value is -2.52. The minimum Gasteiger partial charge on any atom is -0.550 e. The molecule has 0 aliphatic heterocycles. The van der Waals surface area contributed by atoms with Gasteiger partial charge in [-0.05, 0) is 24.1 Å². The molecule has 0 bridgehead atoms. The van der Waals surface area contributed by atoms with Gasteiger partial charge in [0.2, 0.25) is 5.91 Å². The number of hydrogen-bond donors (Lipinski definition) is 3. The average Bonchev–Trinajstić information content (AvgIpc) is 2.50. The Morgan fingerprint density at radius 2 is 1.82 bits per heavy atom. The molecule has 0 aromatic heterocycles. The number of aliphatic hydroxyl groups is 2. The smallest absolute Gasteiger partial charge is 0.269 e. The van der Waals surface area contributed by atoms with Crippen LogP contribution in [-0.4, -0.2) is 39.7 Å². The Bertz CT molecular complexity index is 544. The topological polar surface area (TPSA) is 153 Å². The molecule has 0 unspecified atom stereocenters. The van der Waals surface area contributed by atoms with Crippen LogP contribution in [0.15, 0.2) is 24.3 Å². The number of non-ortho nitro benzene ring substituents is 1. The number of rotatable bonds is 8. The third-order valence-electron chi connectivity index (χ3n) is 2.93. The van der Waals surface area contributed by atoms with Crippen molar-refractivity contribution in [2.75, 3.05) is 6.61 Å². The van der Waals surface area contributed by atoms with E-state index in [1.165, 1.54) is 24.3 Å². The molecule has 3 N–H and O–H groups in total. The van der Waals surface area contributed by atoms with Crippen molar-refractivity contribution in [1.29, 1.82) is 0 Å². The molecule has 9 heteroatoms. The lowest BCUT2D eigenvalue weighted by molar-refractivity contribution is -0.384. The SMILES string of the molecule is O=C([O-])CCC(=O)N[C@@H](CO)[C@H](O)c1ccc([N+](=O)[O-])cc1. The van der Waals surface area contributed by atoms with Gasteiger partial charge in [-0.2, -0.15) is 0 Å². The van der Waals surface area contributed by atoms with E-state index in [2.05, 4.69) is 5.32 Å². The molecule has 9 nitrogen and oxygen atoms in total. The van der Waals surface area contributed by atoms with Crippen LogP contribution in [0.2, 0.25) is 0 Å². The van der Waals surface area contributed by atoms with Gasteiger partial charge >= 0.3 is 0 Å². The van der Waals surface area contributed by atoms with Gasteiger partial charge in [0.1, 0.15) is 6.10 Å². The van der Waals surface area contributed by atoms with Gasteiger partial charge < -0.3 is 25.4 Å². The Labute approximate surface area is 125 Å². The number of carbonyl (C=O) groups is 2. The fourth-order valence-electron chi connectivity index (χ4n) is 1.74. The second-order valence-electron chi connectivity index (χ2n) is 4.52. The van der Waals surface area contributed by atoms with Crippen LogP contribution in [0.5, 0.6) is 0 Å². The lowest BCUT2D eigenvalue weighted by Gasteiger charge is -2.22. The zero-order valence-corrected chi connectivity index (χ0v) is 11.5. The number of hydrogen-bond acceptors (Lipinski definition) is 7. The Morgan fingerprint density at radius 1 is 1.23 bits per heavy atom. The molecule has 120 valence electrons. The third-order valence-corrected chi connectivity index (χ3v) is 2.93. The van der Waals surface area contributed by atoms with Gasteiger partial charge in [-0.15, -0.1) is 0 Å². The number of carboxylic acids is 1. The van der Waals surface area contributed by atoms with Gasteiger partial charge in [-0.3, -0.25) is 14.9 Å². The minimum atomic E-state index is -1.38. The second-order valence-corrected chi connectivity index (χ2v) is 4.52. The maximum absolute atomic E-state index is 11.5. The number of nitro groups is 1. The van der Waals surface area contributed by atoms with E-state index in [4.69, 9.17) is 0 Å². The van der Waals surface area contributed by atoms with Gasteiger partial charge in [0.05, 0.1) is 17.6 Å². The number of nitrogens with one attached hydrogen (secondary N) is 1. The zero-order chi connectivity index (χ0) is 16.7. The molecule has 1 aromatic rings. The maximum Gasteiger partial charge on any atom is 0.269 e. The van der Waals surface area contributed by atoms with Crippen LogP contribution in [0.25, 0.3) is 0 Å². The largest absolute Gasteiger partial charge is 0.550 e. The Kier molecular flexibility index (Phi) is 6.42. The first kappa shape index (κ1) is 17.5. The summed E-state index contributed by atoms with van der Waals surface area (Å²) in [5, 5.41) is 42.4. The predicted octanol–water partition coefficient (Wildman–Crippen LogP) is -1.36. The second kappa shape index (κ2) is 8.05. The summed E-state index contributed by atoms with van der Waals surface area (Å²) in [4.78, 5) is 31.7. The highest BCUT2D eigenvalue weighted by atomic mass is 16.6. The molecule has 0 heterocycles. The molecule has 0 fully saturated rings. The first-order valence-corrected chi connectivity index (χ1v) is 6.37. The third kappa shape index (κ3) is 5.11. The van der Waals surface area contributed by atoms with E-state index >= 15 is 0 Å². The van der Waals surface area contributed by atoms with Crippen molar-refractivity contribution >= 4 is 17.6 Å². The van der Waals surface area contributed by atoms with E-state index in [0.29, 0.717) is 0 Å². The van der Waals surface area contributed by atoms with E-state index in [9.17, 15) is 35.0 Å². The quantitative estimate of drug-likeness (QED) is 0.395. The lowest BCUT2D eigenvalue weighted by Crippen LogP contribution is -2.42. The van der Waals surface area contributed by atoms with Crippen LogP contribution in [0.3, 0.4) is 0 Å². The van der Waals surface area contributed by atoms with E-state index in [1.807, 2.05) is 0 Å². The molecule has 2 atom stereocenters. The van der Waals surface area contributed by atoms with Gasteiger partial charge in [0.25, 0.3) is 5.69 Å². The van der Waals surface area contributed by atoms with Crippen molar-refractivity contribution in [2.24, 2.45) is 0 Å². The molecule has 0 saturated heterocycles. The monoisotopic (exact) mass is 311 g/mol. The van der Waals surface area contributed by atoms with E-state index in [0.717, 1.165) is 0 Å². The summed E-state index contributed by atoms with van der Waals surface area (Å²) < 4.78 is 0. The van der Waals surface area contributed by atoms with Crippen LogP contribution >= 0.6 is 0 Å². The molecule has 0 saturated carbocycles. The number of aliphatic hydroxyl groups excluding tert-OH is 2. The van der Waals surface area contributed by atoms with E-state index in [-0.39, 0.29) is 17.7 Å². The van der Waals surface area contributed by atoms with Gasteiger partial charge in [-0.1, -0.05) is 0 Å². The Balaban J connectivity index is 2.70. The number of nitro benzene ring substituents is 1. The fraction of sp³-hybridized carbons (Fsp3) is 0.385. The molecule has 1 amide bonds. The maximum atomic E-state index is 11.5. The molecular formula is C13H15N2O7-. The van der Waals surface area contributed by atoms with E-state index < -0.39 is 42.0 Å². The van der Waals surface area contributed by atoms with Crippen molar-refractivity contribution in [3.05, 3.63) is 39.9 Å². The molecule has 0 aliphatic carbocycles. The predicted molar refractivity (Wildman–Crippen MR) is 71.3 cm³/mol. The number of nitrogens with zero attached hydrogens (tertiary/aromatic N) is 1. The van der Waals surface area contributed by atoms with Crippen LogP contribution < -0.4 is 10.4 Å². The molecule has 0 aliphatic rings. The summed E-state index contributed by atoms with van der Waals surface area (Å²) in [7, 11) is 0. The summed E-state index contributed by atoms with van der Waals surface area (Å²) in [5.41, 5.74) is 0.111. The van der Waals surface area contributed by atoms with E-state index in [1.54, 1.807) is 0 Å². The summed E-state index contributed by atoms with van der Waals surface area (Å²) >= 11 is 0. The van der Waals surface area contributed by atoms with Crippen molar-refractivity contribution in [3.63, 3.8) is 0 Å². The normalized spacial score (nSPS) is 13.2. The zero-order valence-electron chi connectivity index (χ0n) is 11.5. The highest BCUT2D eigenvalue weighted by molar-refractivity contribution is 5.80. The number of carbonyl (C=O) groups excluding carboxylic acids is 2. The first-order valence-electron chi connectivity index (χ1n) is 6.37. The number of benzene rings is 1. The standard InChI is InChI=1S/C13H16N2O7/c16-7-10(14-11(17)5-6-12(18)19)13(20)8-1-3-9(4-2-8)15(21)22/h1-4,10,13,16,20H,5-7H2,(H,14,17)(H,18,19)/p-1/t10-,13+/m0/s1. The van der Waals surface area contributed by atoms with Crippen LogP contribution in [0.4, 0.5) is 5.69 Å². The molecule has 1 aromatic carbocycles. The Morgan fingerprint density at radius 3 is 2.27 bits per heavy atom. The molecule has 1 rings (SSSR count). The van der Waals surface area contributed by atoms with Gasteiger partial charge in [0.15, 0.2) is 0 Å².